The quantitative estimate of drug-likeness (QED) is 0.719. The van der Waals surface area contributed by atoms with Crippen molar-refractivity contribution in [2.24, 2.45) is 0 Å². The molecule has 5 nitrogen and oxygen atoms in total. The van der Waals surface area contributed by atoms with Gasteiger partial charge in [0.1, 0.15) is 10.5 Å². The van der Waals surface area contributed by atoms with Crippen LogP contribution in [0.1, 0.15) is 24.0 Å². The molecule has 0 saturated heterocycles. The predicted octanol–water partition coefficient (Wildman–Crippen LogP) is 4.25. The van der Waals surface area contributed by atoms with Crippen LogP contribution in [0.2, 0.25) is 0 Å². The minimum absolute atomic E-state index is 0. The van der Waals surface area contributed by atoms with Crippen molar-refractivity contribution in [2.45, 2.75) is 32.5 Å². The van der Waals surface area contributed by atoms with Crippen LogP contribution in [0.5, 0.6) is 0 Å². The number of thiophene rings is 1. The zero-order valence-electron chi connectivity index (χ0n) is 13.6. The zero-order valence-corrected chi connectivity index (χ0v) is 15.3. The van der Waals surface area contributed by atoms with Crippen LogP contribution < -0.4 is 5.32 Å². The molecule has 0 aliphatic heterocycles. The summed E-state index contributed by atoms with van der Waals surface area (Å²) in [6.45, 7) is 3.80. The van der Waals surface area contributed by atoms with Crippen LogP contribution in [0.25, 0.3) is 21.0 Å². The first-order valence-corrected chi connectivity index (χ1v) is 8.08. The number of rotatable bonds is 4. The Hall–Kier alpha value is -1.71. The number of nitrogens with one attached hydrogen (secondary N) is 1. The Kier molecular flexibility index (Phi) is 5.70. The van der Waals surface area contributed by atoms with E-state index in [0.29, 0.717) is 33.2 Å². The maximum Gasteiger partial charge on any atom is 0.433 e. The smallest absolute Gasteiger partial charge is 0.333 e. The van der Waals surface area contributed by atoms with Crippen LogP contribution in [-0.2, 0) is 12.6 Å². The Balaban J connectivity index is 0.00000225. The number of alkyl halides is 3. The summed E-state index contributed by atoms with van der Waals surface area (Å²) in [5.41, 5.74) is -0.120. The fourth-order valence-electron chi connectivity index (χ4n) is 2.27. The van der Waals surface area contributed by atoms with Gasteiger partial charge in [0, 0.05) is 17.8 Å². The Morgan fingerprint density at radius 3 is 2.64 bits per heavy atom. The summed E-state index contributed by atoms with van der Waals surface area (Å²) in [6.07, 6.45) is -3.87. The van der Waals surface area contributed by atoms with Crippen molar-refractivity contribution in [2.75, 3.05) is 7.05 Å². The number of nitrogens with zero attached hydrogens (tertiary/aromatic N) is 3. The Bertz CT molecular complexity index is 877. The summed E-state index contributed by atoms with van der Waals surface area (Å²) >= 11 is 1.12. The van der Waals surface area contributed by atoms with E-state index in [4.69, 9.17) is 4.52 Å². The van der Waals surface area contributed by atoms with Gasteiger partial charge in [-0.15, -0.1) is 23.7 Å². The van der Waals surface area contributed by atoms with Gasteiger partial charge in [0.15, 0.2) is 5.82 Å². The van der Waals surface area contributed by atoms with Gasteiger partial charge in [0.25, 0.3) is 5.89 Å². The first kappa shape index (κ1) is 19.6. The highest BCUT2D eigenvalue weighted by Crippen LogP contribution is 2.38. The van der Waals surface area contributed by atoms with Crippen molar-refractivity contribution in [3.8, 4) is 10.8 Å². The largest absolute Gasteiger partial charge is 0.433 e. The molecule has 0 amide bonds. The minimum Gasteiger partial charge on any atom is -0.333 e. The van der Waals surface area contributed by atoms with E-state index in [2.05, 4.69) is 20.4 Å². The molecule has 0 aliphatic carbocycles. The first-order valence-electron chi connectivity index (χ1n) is 7.27. The summed E-state index contributed by atoms with van der Waals surface area (Å²) in [7, 11) is 1.84. The van der Waals surface area contributed by atoms with Gasteiger partial charge in [0.05, 0.1) is 4.88 Å². The average molecular weight is 393 g/mol. The van der Waals surface area contributed by atoms with Gasteiger partial charge in [-0.1, -0.05) is 5.16 Å². The monoisotopic (exact) mass is 392 g/mol. The molecule has 3 aromatic rings. The van der Waals surface area contributed by atoms with Gasteiger partial charge in [-0.05, 0) is 38.6 Å². The number of aryl methyl sites for hydroxylation is 1. The number of hydrogen-bond donors (Lipinski definition) is 1. The van der Waals surface area contributed by atoms with E-state index < -0.39 is 11.9 Å². The van der Waals surface area contributed by atoms with E-state index in [0.717, 1.165) is 23.0 Å². The highest BCUT2D eigenvalue weighted by Gasteiger charge is 2.33. The third-order valence-electron chi connectivity index (χ3n) is 3.74. The SMILES string of the molecule is CNC(C)Cc1noc(-c2sc3nc(C(F)(F)F)ccc3c2C)n1.Cl. The van der Waals surface area contributed by atoms with Gasteiger partial charge in [-0.3, -0.25) is 0 Å². The number of halogens is 4. The molecule has 0 bridgehead atoms. The van der Waals surface area contributed by atoms with E-state index >= 15 is 0 Å². The minimum atomic E-state index is -4.47. The average Bonchev–Trinajstić information content (AvgIpc) is 3.10. The fourth-order valence-corrected chi connectivity index (χ4v) is 3.37. The first-order chi connectivity index (χ1) is 11.3. The highest BCUT2D eigenvalue weighted by molar-refractivity contribution is 7.22. The van der Waals surface area contributed by atoms with Crippen molar-refractivity contribution >= 4 is 34.0 Å². The normalized spacial score (nSPS) is 13.0. The summed E-state index contributed by atoms with van der Waals surface area (Å²) in [5, 5.41) is 7.67. The second-order valence-corrected chi connectivity index (χ2v) is 6.51. The van der Waals surface area contributed by atoms with Gasteiger partial charge in [-0.2, -0.15) is 18.2 Å². The standard InChI is InChI=1S/C15H15F3N4OS.ClH/c1-7(19-3)6-11-21-13(23-22-11)12-8(2)9-4-5-10(15(16,17)18)20-14(9)24-12;/h4-5,7,19H,6H2,1-3H3;1H. The van der Waals surface area contributed by atoms with Crippen LogP contribution >= 0.6 is 23.7 Å². The molecule has 3 aromatic heterocycles. The molecule has 0 aromatic carbocycles. The Morgan fingerprint density at radius 2 is 2.00 bits per heavy atom. The van der Waals surface area contributed by atoms with Crippen molar-refractivity contribution in [1.29, 1.82) is 0 Å². The molecule has 1 unspecified atom stereocenters. The van der Waals surface area contributed by atoms with Crippen molar-refractivity contribution in [3.05, 3.63) is 29.2 Å². The lowest BCUT2D eigenvalue weighted by molar-refractivity contribution is -0.140. The maximum absolute atomic E-state index is 12.8. The summed E-state index contributed by atoms with van der Waals surface area (Å²) in [5.74, 6) is 0.856. The molecule has 3 heterocycles. The zero-order chi connectivity index (χ0) is 17.5. The Labute approximate surface area is 152 Å². The molecule has 0 aliphatic rings. The van der Waals surface area contributed by atoms with Crippen LogP contribution in [0.3, 0.4) is 0 Å². The molecule has 1 atom stereocenters. The summed E-state index contributed by atoms with van der Waals surface area (Å²) < 4.78 is 43.7. The van der Waals surface area contributed by atoms with E-state index in [1.807, 2.05) is 20.9 Å². The molecule has 0 spiro atoms. The summed E-state index contributed by atoms with van der Waals surface area (Å²) in [6, 6.07) is 2.61. The number of aromatic nitrogens is 3. The van der Waals surface area contributed by atoms with Crippen molar-refractivity contribution < 1.29 is 17.7 Å². The molecule has 3 rings (SSSR count). The third-order valence-corrected chi connectivity index (χ3v) is 4.93. The Morgan fingerprint density at radius 1 is 1.28 bits per heavy atom. The van der Waals surface area contributed by atoms with Crippen molar-refractivity contribution in [1.82, 2.24) is 20.4 Å². The maximum atomic E-state index is 12.8. The van der Waals surface area contributed by atoms with E-state index in [1.54, 1.807) is 0 Å². The lowest BCUT2D eigenvalue weighted by Crippen LogP contribution is -2.24. The molecule has 0 radical (unpaired) electrons. The topological polar surface area (TPSA) is 63.8 Å². The van der Waals surface area contributed by atoms with Gasteiger partial charge >= 0.3 is 6.18 Å². The molecule has 0 saturated carbocycles. The number of fused-ring (bicyclic) bond motifs is 1. The van der Waals surface area contributed by atoms with Gasteiger partial charge < -0.3 is 9.84 Å². The van der Waals surface area contributed by atoms with Crippen LogP contribution in [0.4, 0.5) is 13.2 Å². The van der Waals surface area contributed by atoms with Crippen LogP contribution in [0, 0.1) is 6.92 Å². The fraction of sp³-hybridized carbons (Fsp3) is 0.400. The predicted molar refractivity (Wildman–Crippen MR) is 92.1 cm³/mol. The van der Waals surface area contributed by atoms with Gasteiger partial charge in [0.2, 0.25) is 0 Å². The molecule has 25 heavy (non-hydrogen) atoms. The van der Waals surface area contributed by atoms with Crippen LogP contribution in [0.15, 0.2) is 16.7 Å². The van der Waals surface area contributed by atoms with E-state index in [9.17, 15) is 13.2 Å². The van der Waals surface area contributed by atoms with Crippen molar-refractivity contribution in [3.63, 3.8) is 0 Å². The van der Waals surface area contributed by atoms with Gasteiger partial charge in [-0.25, -0.2) is 4.98 Å². The molecule has 1 N–H and O–H groups in total. The molecule has 136 valence electrons. The van der Waals surface area contributed by atoms with E-state index in [-0.39, 0.29) is 18.4 Å². The third kappa shape index (κ3) is 3.94. The number of pyridine rings is 1. The summed E-state index contributed by atoms with van der Waals surface area (Å²) in [4.78, 5) is 9.01. The second-order valence-electron chi connectivity index (χ2n) is 5.51. The highest BCUT2D eigenvalue weighted by atomic mass is 35.5. The second kappa shape index (κ2) is 7.27. The van der Waals surface area contributed by atoms with E-state index in [1.165, 1.54) is 6.07 Å². The van der Waals surface area contributed by atoms with Crippen LogP contribution in [-0.4, -0.2) is 28.2 Å². The lowest BCUT2D eigenvalue weighted by Gasteiger charge is -2.04. The molecular weight excluding hydrogens is 377 g/mol. The molecular formula is C15H16ClF3N4OS. The lowest BCUT2D eigenvalue weighted by atomic mass is 10.2. The number of hydrogen-bond acceptors (Lipinski definition) is 6. The number of likely N-dealkylation sites (N-methyl/N-ethyl adjacent to an activating group) is 1. The molecule has 0 fully saturated rings. The molecule has 10 heteroatoms.